The molecule has 2 heterocycles. The normalized spacial score (nSPS) is 25.2. The van der Waals surface area contributed by atoms with Crippen LogP contribution in [0.4, 0.5) is 0 Å². The predicted molar refractivity (Wildman–Crippen MR) is 70.5 cm³/mol. The van der Waals surface area contributed by atoms with Crippen molar-refractivity contribution in [3.8, 4) is 0 Å². The van der Waals surface area contributed by atoms with Crippen molar-refractivity contribution < 1.29 is 9.53 Å². The van der Waals surface area contributed by atoms with E-state index in [1.807, 2.05) is 0 Å². The number of nitrogens with one attached hydrogen (secondary N) is 2. The second kappa shape index (κ2) is 7.71. The van der Waals surface area contributed by atoms with Gasteiger partial charge >= 0.3 is 0 Å². The second-order valence-corrected chi connectivity index (χ2v) is 5.10. The molecule has 1 atom stereocenters. The van der Waals surface area contributed by atoms with Crippen molar-refractivity contribution in [2.45, 2.75) is 31.7 Å². The number of carbonyl (C=O) groups excluding carboxylic acids is 1. The van der Waals surface area contributed by atoms with Crippen LogP contribution in [0.15, 0.2) is 0 Å². The van der Waals surface area contributed by atoms with Crippen LogP contribution in [-0.4, -0.2) is 62.8 Å². The number of unbranched alkanes of at least 4 members (excludes halogenated alkanes) is 1. The van der Waals surface area contributed by atoms with Crippen LogP contribution < -0.4 is 10.6 Å². The summed E-state index contributed by atoms with van der Waals surface area (Å²) in [4.78, 5) is 14.1. The molecule has 104 valence electrons. The van der Waals surface area contributed by atoms with Crippen LogP contribution in [0.5, 0.6) is 0 Å². The third kappa shape index (κ3) is 4.55. The molecule has 2 rings (SSSR count). The number of hydrogen-bond donors (Lipinski definition) is 2. The van der Waals surface area contributed by atoms with Gasteiger partial charge < -0.3 is 15.4 Å². The summed E-state index contributed by atoms with van der Waals surface area (Å²) in [6, 6.07) is 0.0595. The number of ether oxygens (including phenoxy) is 1. The summed E-state index contributed by atoms with van der Waals surface area (Å²) in [5.41, 5.74) is 0. The van der Waals surface area contributed by atoms with Gasteiger partial charge in [-0.3, -0.25) is 9.69 Å². The first-order chi connectivity index (χ1) is 8.86. The number of amides is 1. The predicted octanol–water partition coefficient (Wildman–Crippen LogP) is -0.0330. The van der Waals surface area contributed by atoms with Crippen molar-refractivity contribution in [3.05, 3.63) is 0 Å². The average molecular weight is 255 g/mol. The number of carbonyl (C=O) groups is 1. The molecular weight excluding hydrogens is 230 g/mol. The van der Waals surface area contributed by atoms with Crippen molar-refractivity contribution in [2.24, 2.45) is 0 Å². The smallest absolute Gasteiger partial charge is 0.237 e. The van der Waals surface area contributed by atoms with Crippen LogP contribution in [0, 0.1) is 0 Å². The quantitative estimate of drug-likeness (QED) is 0.654. The Hall–Kier alpha value is -0.650. The van der Waals surface area contributed by atoms with Crippen LogP contribution >= 0.6 is 0 Å². The van der Waals surface area contributed by atoms with E-state index in [9.17, 15) is 4.79 Å². The minimum atomic E-state index is 0.0595. The standard InChI is InChI=1S/C13H25N3O2/c17-13(12-4-3-6-14-12)15-5-1-2-7-16-8-10-18-11-9-16/h12,14H,1-11H2,(H,15,17)/t12-/m0/s1. The SMILES string of the molecule is O=C(NCCCCN1CCOCC1)[C@@H]1CCCN1. The van der Waals surface area contributed by atoms with Crippen molar-refractivity contribution in [1.82, 2.24) is 15.5 Å². The van der Waals surface area contributed by atoms with Crippen LogP contribution in [0.3, 0.4) is 0 Å². The van der Waals surface area contributed by atoms with E-state index in [4.69, 9.17) is 4.74 Å². The van der Waals surface area contributed by atoms with Crippen LogP contribution in [-0.2, 0) is 9.53 Å². The first-order valence-corrected chi connectivity index (χ1v) is 7.17. The maximum absolute atomic E-state index is 11.7. The van der Waals surface area contributed by atoms with Gasteiger partial charge in [0.2, 0.25) is 5.91 Å². The molecule has 2 saturated heterocycles. The van der Waals surface area contributed by atoms with E-state index in [0.717, 1.165) is 71.6 Å². The van der Waals surface area contributed by atoms with Crippen LogP contribution in [0.1, 0.15) is 25.7 Å². The minimum absolute atomic E-state index is 0.0595. The fourth-order valence-electron chi connectivity index (χ4n) is 2.53. The van der Waals surface area contributed by atoms with Crippen molar-refractivity contribution >= 4 is 5.91 Å². The molecule has 2 aliphatic rings. The molecule has 0 saturated carbocycles. The molecular formula is C13H25N3O2. The third-order valence-electron chi connectivity index (χ3n) is 3.68. The molecule has 0 bridgehead atoms. The summed E-state index contributed by atoms with van der Waals surface area (Å²) in [5, 5.41) is 6.23. The molecule has 2 aliphatic heterocycles. The maximum Gasteiger partial charge on any atom is 0.237 e. The molecule has 0 aromatic heterocycles. The Bertz CT molecular complexity index is 249. The zero-order valence-corrected chi connectivity index (χ0v) is 11.1. The fraction of sp³-hybridized carbons (Fsp3) is 0.923. The highest BCUT2D eigenvalue weighted by atomic mass is 16.5. The summed E-state index contributed by atoms with van der Waals surface area (Å²) in [6.45, 7) is 6.75. The summed E-state index contributed by atoms with van der Waals surface area (Å²) in [6.07, 6.45) is 4.32. The maximum atomic E-state index is 11.7. The van der Waals surface area contributed by atoms with E-state index in [2.05, 4.69) is 15.5 Å². The third-order valence-corrected chi connectivity index (χ3v) is 3.68. The summed E-state index contributed by atoms with van der Waals surface area (Å²) in [5.74, 6) is 0.180. The number of morpholine rings is 1. The van der Waals surface area contributed by atoms with E-state index in [0.29, 0.717) is 0 Å². The Morgan fingerprint density at radius 1 is 1.33 bits per heavy atom. The Labute approximate surface area is 109 Å². The first-order valence-electron chi connectivity index (χ1n) is 7.17. The highest BCUT2D eigenvalue weighted by molar-refractivity contribution is 5.81. The molecule has 2 fully saturated rings. The fourth-order valence-corrected chi connectivity index (χ4v) is 2.53. The lowest BCUT2D eigenvalue weighted by Crippen LogP contribution is -2.41. The van der Waals surface area contributed by atoms with E-state index in [1.165, 1.54) is 0 Å². The molecule has 5 heteroatoms. The van der Waals surface area contributed by atoms with Crippen LogP contribution in [0.2, 0.25) is 0 Å². The lowest BCUT2D eigenvalue weighted by molar-refractivity contribution is -0.122. The molecule has 18 heavy (non-hydrogen) atoms. The molecule has 0 aliphatic carbocycles. The largest absolute Gasteiger partial charge is 0.379 e. The molecule has 0 aromatic carbocycles. The van der Waals surface area contributed by atoms with Gasteiger partial charge in [0.05, 0.1) is 19.3 Å². The molecule has 5 nitrogen and oxygen atoms in total. The van der Waals surface area contributed by atoms with E-state index in [1.54, 1.807) is 0 Å². The molecule has 0 spiro atoms. The Morgan fingerprint density at radius 2 is 2.17 bits per heavy atom. The van der Waals surface area contributed by atoms with Gasteiger partial charge in [0, 0.05) is 19.6 Å². The van der Waals surface area contributed by atoms with Gasteiger partial charge in [0.25, 0.3) is 0 Å². The summed E-state index contributed by atoms with van der Waals surface area (Å²) >= 11 is 0. The topological polar surface area (TPSA) is 53.6 Å². The Morgan fingerprint density at radius 3 is 2.89 bits per heavy atom. The lowest BCUT2D eigenvalue weighted by Gasteiger charge is -2.26. The van der Waals surface area contributed by atoms with Gasteiger partial charge in [-0.15, -0.1) is 0 Å². The van der Waals surface area contributed by atoms with Gasteiger partial charge in [-0.2, -0.15) is 0 Å². The van der Waals surface area contributed by atoms with E-state index >= 15 is 0 Å². The molecule has 0 radical (unpaired) electrons. The summed E-state index contributed by atoms with van der Waals surface area (Å²) < 4.78 is 5.31. The lowest BCUT2D eigenvalue weighted by atomic mass is 10.2. The van der Waals surface area contributed by atoms with Gasteiger partial charge in [-0.05, 0) is 38.8 Å². The number of rotatable bonds is 6. The zero-order chi connectivity index (χ0) is 12.6. The van der Waals surface area contributed by atoms with Crippen LogP contribution in [0.25, 0.3) is 0 Å². The van der Waals surface area contributed by atoms with Crippen molar-refractivity contribution in [2.75, 3.05) is 45.9 Å². The van der Waals surface area contributed by atoms with Crippen molar-refractivity contribution in [1.29, 1.82) is 0 Å². The van der Waals surface area contributed by atoms with Crippen molar-refractivity contribution in [3.63, 3.8) is 0 Å². The monoisotopic (exact) mass is 255 g/mol. The molecule has 2 N–H and O–H groups in total. The molecule has 0 unspecified atom stereocenters. The van der Waals surface area contributed by atoms with Gasteiger partial charge in [0.15, 0.2) is 0 Å². The first kappa shape index (κ1) is 13.8. The highest BCUT2D eigenvalue weighted by Gasteiger charge is 2.21. The van der Waals surface area contributed by atoms with E-state index < -0.39 is 0 Å². The second-order valence-electron chi connectivity index (χ2n) is 5.10. The van der Waals surface area contributed by atoms with Gasteiger partial charge in [0.1, 0.15) is 0 Å². The van der Waals surface area contributed by atoms with E-state index in [-0.39, 0.29) is 11.9 Å². The number of hydrogen-bond acceptors (Lipinski definition) is 4. The van der Waals surface area contributed by atoms with Gasteiger partial charge in [-0.25, -0.2) is 0 Å². The Balaban J connectivity index is 1.46. The minimum Gasteiger partial charge on any atom is -0.379 e. The molecule has 1 amide bonds. The average Bonchev–Trinajstić information content (AvgIpc) is 2.93. The molecule has 0 aromatic rings. The Kier molecular flexibility index (Phi) is 5.90. The zero-order valence-electron chi connectivity index (χ0n) is 11.1. The number of nitrogens with zero attached hydrogens (tertiary/aromatic N) is 1. The van der Waals surface area contributed by atoms with Gasteiger partial charge in [-0.1, -0.05) is 0 Å². The summed E-state index contributed by atoms with van der Waals surface area (Å²) in [7, 11) is 0. The highest BCUT2D eigenvalue weighted by Crippen LogP contribution is 2.04.